The van der Waals surface area contributed by atoms with Gasteiger partial charge >= 0.3 is 6.18 Å². The second-order valence-electron chi connectivity index (χ2n) is 8.89. The minimum atomic E-state index is -4.44. The van der Waals surface area contributed by atoms with Crippen LogP contribution in [0.3, 0.4) is 0 Å². The molecule has 0 bridgehead atoms. The van der Waals surface area contributed by atoms with E-state index in [0.29, 0.717) is 29.4 Å². The molecule has 1 saturated heterocycles. The van der Waals surface area contributed by atoms with Gasteiger partial charge in [-0.3, -0.25) is 9.59 Å². The van der Waals surface area contributed by atoms with Crippen LogP contribution in [0.25, 0.3) is 10.9 Å². The lowest BCUT2D eigenvalue weighted by Gasteiger charge is -2.23. The van der Waals surface area contributed by atoms with Crippen molar-refractivity contribution in [3.63, 3.8) is 0 Å². The lowest BCUT2D eigenvalue weighted by molar-refractivity contribution is -0.138. The molecule has 5 rings (SSSR count). The van der Waals surface area contributed by atoms with Crippen LogP contribution in [-0.2, 0) is 25.7 Å². The molecule has 0 N–H and O–H groups in total. The Balaban J connectivity index is 1.54. The Morgan fingerprint density at radius 3 is 2.55 bits per heavy atom. The molecule has 2 fully saturated rings. The molecule has 1 saturated carbocycles. The first-order chi connectivity index (χ1) is 14.5. The average molecular weight is 429 g/mol. The van der Waals surface area contributed by atoms with E-state index in [0.717, 1.165) is 11.6 Å². The number of benzene rings is 1. The van der Waals surface area contributed by atoms with E-state index in [1.165, 1.54) is 16.7 Å². The molecule has 8 heteroatoms. The summed E-state index contributed by atoms with van der Waals surface area (Å²) in [7, 11) is 3.43. The minimum absolute atomic E-state index is 0.000467. The van der Waals surface area contributed by atoms with Gasteiger partial charge in [0.05, 0.1) is 22.0 Å². The molecule has 2 aromatic heterocycles. The molecule has 2 aliphatic rings. The van der Waals surface area contributed by atoms with Gasteiger partial charge in [-0.1, -0.05) is 18.2 Å². The maximum absolute atomic E-state index is 13.6. The Morgan fingerprint density at radius 1 is 1.13 bits per heavy atom. The second-order valence-corrected chi connectivity index (χ2v) is 8.89. The molecule has 1 aromatic carbocycles. The predicted octanol–water partition coefficient (Wildman–Crippen LogP) is 3.62. The number of carbonyl (C=O) groups is 1. The van der Waals surface area contributed by atoms with Crippen molar-refractivity contribution in [2.45, 2.75) is 24.9 Å². The molecule has 0 radical (unpaired) electrons. The Labute approximate surface area is 176 Å². The van der Waals surface area contributed by atoms with Crippen LogP contribution in [-0.4, -0.2) is 33.0 Å². The largest absolute Gasteiger partial charge is 0.416 e. The van der Waals surface area contributed by atoms with Gasteiger partial charge in [0.15, 0.2) is 0 Å². The van der Waals surface area contributed by atoms with Gasteiger partial charge in [0, 0.05) is 45.0 Å². The summed E-state index contributed by atoms with van der Waals surface area (Å²) in [6, 6.07) is 5.66. The maximum atomic E-state index is 13.6. The predicted molar refractivity (Wildman–Crippen MR) is 110 cm³/mol. The van der Waals surface area contributed by atoms with Crippen LogP contribution in [0.4, 0.5) is 13.2 Å². The number of aromatic nitrogens is 2. The van der Waals surface area contributed by atoms with E-state index in [9.17, 15) is 22.8 Å². The molecule has 0 spiro atoms. The van der Waals surface area contributed by atoms with Crippen LogP contribution in [0.15, 0.2) is 41.5 Å². The standard InChI is InChI=1S/C23H22F3N3O2/c1-13-9-28(3)21(31)18-15(11-27(2)19(13)18)20(30)29-10-14-8-22(14,12-29)16-6-4-5-7-17(16)23(24,25)26/h4-7,9,11,14H,8,10,12H2,1-3H3. The third-order valence-electron chi connectivity index (χ3n) is 6.91. The number of fused-ring (bicyclic) bond motifs is 2. The van der Waals surface area contributed by atoms with Crippen LogP contribution < -0.4 is 5.56 Å². The zero-order valence-corrected chi connectivity index (χ0v) is 17.5. The molecule has 1 aliphatic heterocycles. The van der Waals surface area contributed by atoms with E-state index in [1.54, 1.807) is 42.0 Å². The first-order valence-electron chi connectivity index (χ1n) is 10.2. The number of hydrogen-bond donors (Lipinski definition) is 0. The molecule has 3 aromatic rings. The van der Waals surface area contributed by atoms with Crippen molar-refractivity contribution < 1.29 is 18.0 Å². The van der Waals surface area contributed by atoms with E-state index < -0.39 is 17.2 Å². The van der Waals surface area contributed by atoms with Crippen LogP contribution in [0, 0.1) is 12.8 Å². The summed E-state index contributed by atoms with van der Waals surface area (Å²) >= 11 is 0. The Bertz CT molecular complexity index is 1300. The Morgan fingerprint density at radius 2 is 1.84 bits per heavy atom. The first kappa shape index (κ1) is 19.9. The van der Waals surface area contributed by atoms with E-state index in [2.05, 4.69) is 0 Å². The summed E-state index contributed by atoms with van der Waals surface area (Å²) in [5.41, 5.74) is 0.613. The zero-order valence-electron chi connectivity index (χ0n) is 17.5. The van der Waals surface area contributed by atoms with E-state index in [4.69, 9.17) is 0 Å². The topological polar surface area (TPSA) is 47.2 Å². The van der Waals surface area contributed by atoms with Gasteiger partial charge in [0.25, 0.3) is 11.5 Å². The highest BCUT2D eigenvalue weighted by atomic mass is 19.4. The number of halogens is 3. The lowest BCUT2D eigenvalue weighted by atomic mass is 9.90. The monoisotopic (exact) mass is 429 g/mol. The summed E-state index contributed by atoms with van der Waals surface area (Å²) in [6.45, 7) is 2.50. The molecule has 2 atom stereocenters. The summed E-state index contributed by atoms with van der Waals surface area (Å²) in [4.78, 5) is 27.8. The number of amides is 1. The van der Waals surface area contributed by atoms with E-state index >= 15 is 0 Å². The van der Waals surface area contributed by atoms with Crippen molar-refractivity contribution in [3.8, 4) is 0 Å². The quantitative estimate of drug-likeness (QED) is 0.625. The zero-order chi connectivity index (χ0) is 22.3. The molecule has 3 heterocycles. The lowest BCUT2D eigenvalue weighted by Crippen LogP contribution is -2.34. The number of aryl methyl sites for hydroxylation is 3. The first-order valence-corrected chi connectivity index (χ1v) is 10.2. The number of nitrogens with zero attached hydrogens (tertiary/aromatic N) is 3. The van der Waals surface area contributed by atoms with Crippen molar-refractivity contribution >= 4 is 16.8 Å². The maximum Gasteiger partial charge on any atom is 0.416 e. The summed E-state index contributed by atoms with van der Waals surface area (Å²) in [5, 5.41) is 0.361. The van der Waals surface area contributed by atoms with Crippen LogP contribution >= 0.6 is 0 Å². The van der Waals surface area contributed by atoms with Crippen molar-refractivity contribution in [2.75, 3.05) is 13.1 Å². The third-order valence-corrected chi connectivity index (χ3v) is 6.91. The van der Waals surface area contributed by atoms with E-state index in [-0.39, 0.29) is 29.5 Å². The van der Waals surface area contributed by atoms with Crippen LogP contribution in [0.1, 0.15) is 33.5 Å². The number of rotatable bonds is 2. The van der Waals surface area contributed by atoms with Crippen molar-refractivity contribution in [3.05, 3.63) is 69.3 Å². The highest BCUT2D eigenvalue weighted by Crippen LogP contribution is 2.61. The van der Waals surface area contributed by atoms with Gasteiger partial charge in [0.2, 0.25) is 0 Å². The number of alkyl halides is 3. The Hall–Kier alpha value is -3.03. The number of likely N-dealkylation sites (tertiary alicyclic amines) is 1. The van der Waals surface area contributed by atoms with Gasteiger partial charge in [-0.2, -0.15) is 13.2 Å². The summed E-state index contributed by atoms with van der Waals surface area (Å²) < 4.78 is 44.0. The van der Waals surface area contributed by atoms with Gasteiger partial charge in [-0.15, -0.1) is 0 Å². The summed E-state index contributed by atoms with van der Waals surface area (Å²) in [6.07, 6.45) is -0.412. The molecule has 2 unspecified atom stereocenters. The van der Waals surface area contributed by atoms with Gasteiger partial charge in [0.1, 0.15) is 0 Å². The number of carbonyl (C=O) groups excluding carboxylic acids is 1. The van der Waals surface area contributed by atoms with Crippen molar-refractivity contribution in [1.29, 1.82) is 0 Å². The number of pyridine rings is 1. The fraction of sp³-hybridized carbons (Fsp3) is 0.391. The molecule has 5 nitrogen and oxygen atoms in total. The number of hydrogen-bond acceptors (Lipinski definition) is 2. The fourth-order valence-electron chi connectivity index (χ4n) is 5.46. The van der Waals surface area contributed by atoms with Crippen LogP contribution in [0.5, 0.6) is 0 Å². The fourth-order valence-corrected chi connectivity index (χ4v) is 5.46. The molecule has 162 valence electrons. The number of piperidine rings is 1. The molecular formula is C23H22F3N3O2. The Kier molecular flexibility index (Phi) is 4.01. The molecule has 1 amide bonds. The van der Waals surface area contributed by atoms with E-state index in [1.807, 2.05) is 6.92 Å². The van der Waals surface area contributed by atoms with Gasteiger partial charge in [-0.05, 0) is 36.5 Å². The highest BCUT2D eigenvalue weighted by Gasteiger charge is 2.63. The third kappa shape index (κ3) is 2.77. The normalized spacial score (nSPS) is 22.8. The SMILES string of the molecule is Cc1cn(C)c(=O)c2c(C(=O)N3CC4CC4(c4ccccc4C(F)(F)F)C3)cn(C)c12. The second kappa shape index (κ2) is 6.24. The van der Waals surface area contributed by atoms with Gasteiger partial charge < -0.3 is 14.0 Å². The van der Waals surface area contributed by atoms with Crippen LogP contribution in [0.2, 0.25) is 0 Å². The molecule has 31 heavy (non-hydrogen) atoms. The van der Waals surface area contributed by atoms with Crippen molar-refractivity contribution in [2.24, 2.45) is 20.0 Å². The minimum Gasteiger partial charge on any atom is -0.349 e. The smallest absolute Gasteiger partial charge is 0.349 e. The molecular weight excluding hydrogens is 407 g/mol. The van der Waals surface area contributed by atoms with Crippen molar-refractivity contribution in [1.82, 2.24) is 14.0 Å². The summed E-state index contributed by atoms with van der Waals surface area (Å²) in [5.74, 6) is -0.302. The van der Waals surface area contributed by atoms with Gasteiger partial charge in [-0.25, -0.2) is 0 Å². The average Bonchev–Trinajstić information content (AvgIpc) is 3.09. The highest BCUT2D eigenvalue weighted by molar-refractivity contribution is 6.07. The molecule has 1 aliphatic carbocycles.